The summed E-state index contributed by atoms with van der Waals surface area (Å²) in [4.78, 5) is 14.6. The number of morpholine rings is 1. The Morgan fingerprint density at radius 2 is 1.95 bits per heavy atom. The summed E-state index contributed by atoms with van der Waals surface area (Å²) in [5.41, 5.74) is 2.30. The Morgan fingerprint density at radius 1 is 1.23 bits per heavy atom. The van der Waals surface area contributed by atoms with Gasteiger partial charge in [-0.05, 0) is 26.3 Å². The highest BCUT2D eigenvalue weighted by atomic mass is 16.5. The maximum Gasteiger partial charge on any atom is 0.259 e. The molecule has 1 amide bonds. The lowest BCUT2D eigenvalue weighted by atomic mass is 10.1. The lowest BCUT2D eigenvalue weighted by Gasteiger charge is -2.37. The Hall–Kier alpha value is -2.14. The van der Waals surface area contributed by atoms with E-state index in [0.29, 0.717) is 30.1 Å². The first-order valence-electron chi connectivity index (χ1n) is 7.49. The van der Waals surface area contributed by atoms with E-state index in [1.165, 1.54) is 0 Å². The largest absolute Gasteiger partial charge is 0.367 e. The molecule has 1 fully saturated rings. The van der Waals surface area contributed by atoms with E-state index >= 15 is 0 Å². The van der Waals surface area contributed by atoms with Crippen molar-refractivity contribution in [3.63, 3.8) is 0 Å². The van der Waals surface area contributed by atoms with Crippen LogP contribution in [-0.2, 0) is 4.74 Å². The summed E-state index contributed by atoms with van der Waals surface area (Å²) in [6.07, 6.45) is -0.113. The number of carbonyl (C=O) groups is 1. The van der Waals surface area contributed by atoms with Crippen LogP contribution in [0.25, 0.3) is 0 Å². The highest BCUT2D eigenvalue weighted by Crippen LogP contribution is 2.27. The zero-order chi connectivity index (χ0) is 15.7. The zero-order valence-corrected chi connectivity index (χ0v) is 13.1. The number of hydrogen-bond acceptors (Lipinski definition) is 4. The number of rotatable bonds is 2. The fourth-order valence-corrected chi connectivity index (χ4v) is 2.92. The predicted octanol–water partition coefficient (Wildman–Crippen LogP) is 2.89. The van der Waals surface area contributed by atoms with Crippen molar-refractivity contribution in [1.29, 1.82) is 0 Å². The van der Waals surface area contributed by atoms with Crippen molar-refractivity contribution in [1.82, 2.24) is 10.1 Å². The van der Waals surface area contributed by atoms with Gasteiger partial charge in [0.15, 0.2) is 0 Å². The molecule has 1 saturated heterocycles. The van der Waals surface area contributed by atoms with Gasteiger partial charge in [0, 0.05) is 6.54 Å². The predicted molar refractivity (Wildman–Crippen MR) is 81.6 cm³/mol. The van der Waals surface area contributed by atoms with Crippen molar-refractivity contribution < 1.29 is 14.1 Å². The van der Waals surface area contributed by atoms with E-state index in [0.717, 1.165) is 5.56 Å². The van der Waals surface area contributed by atoms with Gasteiger partial charge >= 0.3 is 0 Å². The Labute approximate surface area is 129 Å². The van der Waals surface area contributed by atoms with Gasteiger partial charge in [-0.25, -0.2) is 0 Å². The fraction of sp³-hybridized carbons (Fsp3) is 0.412. The number of carbonyl (C=O) groups excluding carboxylic acids is 1. The zero-order valence-electron chi connectivity index (χ0n) is 13.1. The molecule has 0 unspecified atom stereocenters. The van der Waals surface area contributed by atoms with Crippen molar-refractivity contribution >= 4 is 5.91 Å². The number of aromatic nitrogens is 1. The smallest absolute Gasteiger partial charge is 0.259 e. The van der Waals surface area contributed by atoms with E-state index in [9.17, 15) is 4.79 Å². The molecule has 2 aromatic rings. The molecule has 0 bridgehead atoms. The summed E-state index contributed by atoms with van der Waals surface area (Å²) in [5.74, 6) is 0.533. The van der Waals surface area contributed by atoms with E-state index < -0.39 is 0 Å². The van der Waals surface area contributed by atoms with Crippen molar-refractivity contribution in [2.24, 2.45) is 0 Å². The van der Waals surface area contributed by atoms with Crippen LogP contribution in [0.5, 0.6) is 0 Å². The summed E-state index contributed by atoms with van der Waals surface area (Å²) < 4.78 is 11.1. The number of nitrogens with zero attached hydrogens (tertiary/aromatic N) is 2. The number of aryl methyl sites for hydroxylation is 2. The van der Waals surface area contributed by atoms with Crippen LogP contribution in [0.1, 0.15) is 40.4 Å². The molecule has 5 nitrogen and oxygen atoms in total. The summed E-state index contributed by atoms with van der Waals surface area (Å²) in [6, 6.07) is 10.0. The minimum Gasteiger partial charge on any atom is -0.367 e. The molecule has 1 aliphatic heterocycles. The third-order valence-electron chi connectivity index (χ3n) is 3.97. The highest BCUT2D eigenvalue weighted by molar-refractivity contribution is 5.96. The van der Waals surface area contributed by atoms with Gasteiger partial charge in [-0.3, -0.25) is 4.79 Å². The van der Waals surface area contributed by atoms with Gasteiger partial charge in [0.2, 0.25) is 0 Å². The highest BCUT2D eigenvalue weighted by Gasteiger charge is 2.32. The third-order valence-corrected chi connectivity index (χ3v) is 3.97. The first kappa shape index (κ1) is 14.8. The van der Waals surface area contributed by atoms with Crippen LogP contribution in [0.3, 0.4) is 0 Å². The van der Waals surface area contributed by atoms with Gasteiger partial charge in [-0.1, -0.05) is 35.5 Å². The van der Waals surface area contributed by atoms with Crippen LogP contribution < -0.4 is 0 Å². The SMILES string of the molecule is Cc1noc(C)c1C(=O)N1C[C@H](C)O[C@@H](c2ccccc2)C1. The molecule has 22 heavy (non-hydrogen) atoms. The lowest BCUT2D eigenvalue weighted by Crippen LogP contribution is -2.46. The van der Waals surface area contributed by atoms with Gasteiger partial charge in [0.05, 0.1) is 18.3 Å². The Morgan fingerprint density at radius 3 is 2.59 bits per heavy atom. The van der Waals surface area contributed by atoms with Gasteiger partial charge in [0.1, 0.15) is 17.4 Å². The van der Waals surface area contributed by atoms with Crippen molar-refractivity contribution in [2.75, 3.05) is 13.1 Å². The molecule has 0 spiro atoms. The summed E-state index contributed by atoms with van der Waals surface area (Å²) in [6.45, 7) is 6.67. The van der Waals surface area contributed by atoms with E-state index in [2.05, 4.69) is 5.16 Å². The van der Waals surface area contributed by atoms with E-state index in [1.54, 1.807) is 13.8 Å². The van der Waals surface area contributed by atoms with Crippen molar-refractivity contribution in [3.8, 4) is 0 Å². The Balaban J connectivity index is 1.84. The minimum atomic E-state index is -0.102. The van der Waals surface area contributed by atoms with Crippen molar-refractivity contribution in [3.05, 3.63) is 52.9 Å². The molecule has 1 aliphatic rings. The molecule has 0 N–H and O–H groups in total. The monoisotopic (exact) mass is 300 g/mol. The van der Waals surface area contributed by atoms with E-state index in [1.807, 2.05) is 42.2 Å². The topological polar surface area (TPSA) is 55.6 Å². The average Bonchev–Trinajstić information content (AvgIpc) is 2.86. The van der Waals surface area contributed by atoms with Gasteiger partial charge in [0.25, 0.3) is 5.91 Å². The summed E-state index contributed by atoms with van der Waals surface area (Å²) in [5, 5.41) is 3.87. The molecule has 5 heteroatoms. The number of amides is 1. The maximum absolute atomic E-state index is 12.8. The van der Waals surface area contributed by atoms with Crippen LogP contribution in [0.4, 0.5) is 0 Å². The van der Waals surface area contributed by atoms with Gasteiger partial charge < -0.3 is 14.2 Å². The molecule has 2 atom stereocenters. The average molecular weight is 300 g/mol. The van der Waals surface area contributed by atoms with Gasteiger partial charge in [-0.15, -0.1) is 0 Å². The molecule has 0 aliphatic carbocycles. The fourth-order valence-electron chi connectivity index (χ4n) is 2.92. The molecule has 0 radical (unpaired) electrons. The molecule has 1 aromatic heterocycles. The number of ether oxygens (including phenoxy) is 1. The standard InChI is InChI=1S/C17H20N2O3/c1-11-9-19(17(20)16-12(2)18-22-13(16)3)10-15(21-11)14-7-5-4-6-8-14/h4-8,11,15H,9-10H2,1-3H3/t11-,15+/m0/s1. The molecular formula is C17H20N2O3. The normalized spacial score (nSPS) is 21.9. The van der Waals surface area contributed by atoms with Crippen LogP contribution in [0.15, 0.2) is 34.9 Å². The Kier molecular flexibility index (Phi) is 3.98. The van der Waals surface area contributed by atoms with Crippen LogP contribution in [0.2, 0.25) is 0 Å². The first-order chi connectivity index (χ1) is 10.6. The van der Waals surface area contributed by atoms with Crippen LogP contribution >= 0.6 is 0 Å². The molecule has 0 saturated carbocycles. The van der Waals surface area contributed by atoms with Crippen LogP contribution in [-0.4, -0.2) is 35.2 Å². The summed E-state index contributed by atoms with van der Waals surface area (Å²) >= 11 is 0. The molecule has 2 heterocycles. The number of benzene rings is 1. The van der Waals surface area contributed by atoms with E-state index in [-0.39, 0.29) is 18.1 Å². The first-order valence-corrected chi connectivity index (χ1v) is 7.49. The lowest BCUT2D eigenvalue weighted by molar-refractivity contribution is -0.0692. The molecule has 3 rings (SSSR count). The third kappa shape index (κ3) is 2.76. The number of hydrogen-bond donors (Lipinski definition) is 0. The second kappa shape index (κ2) is 5.93. The second-order valence-electron chi connectivity index (χ2n) is 5.76. The second-order valence-corrected chi connectivity index (χ2v) is 5.76. The quantitative estimate of drug-likeness (QED) is 0.855. The van der Waals surface area contributed by atoms with Crippen molar-refractivity contribution in [2.45, 2.75) is 33.0 Å². The molecule has 116 valence electrons. The Bertz CT molecular complexity index is 646. The van der Waals surface area contributed by atoms with Gasteiger partial charge in [-0.2, -0.15) is 0 Å². The maximum atomic E-state index is 12.8. The minimum absolute atomic E-state index is 0.0108. The van der Waals surface area contributed by atoms with E-state index in [4.69, 9.17) is 9.26 Å². The summed E-state index contributed by atoms with van der Waals surface area (Å²) in [7, 11) is 0. The van der Waals surface area contributed by atoms with Crippen LogP contribution in [0, 0.1) is 13.8 Å². The molecular weight excluding hydrogens is 280 g/mol. The molecule has 1 aromatic carbocycles.